The van der Waals surface area contributed by atoms with Crippen LogP contribution in [0.4, 0.5) is 11.4 Å². The lowest BCUT2D eigenvalue weighted by molar-refractivity contribution is -0.126. The van der Waals surface area contributed by atoms with Crippen LogP contribution >= 0.6 is 0 Å². The fourth-order valence-corrected chi connectivity index (χ4v) is 4.92. The molecular formula is C29H30N2O6. The van der Waals surface area contributed by atoms with E-state index in [0.29, 0.717) is 29.5 Å². The van der Waals surface area contributed by atoms with Crippen molar-refractivity contribution in [1.82, 2.24) is 0 Å². The minimum Gasteiger partial charge on any atom is -0.495 e. The fraction of sp³-hybridized carbons (Fsp3) is 0.310. The molecule has 3 aromatic carbocycles. The van der Waals surface area contributed by atoms with E-state index in [1.165, 1.54) is 12.0 Å². The first-order valence-electron chi connectivity index (χ1n) is 12.4. The van der Waals surface area contributed by atoms with Crippen molar-refractivity contribution >= 4 is 23.2 Å². The van der Waals surface area contributed by atoms with Gasteiger partial charge in [0.2, 0.25) is 5.91 Å². The number of anilines is 2. The third kappa shape index (κ3) is 4.38. The minimum absolute atomic E-state index is 0.342. The van der Waals surface area contributed by atoms with Gasteiger partial charge in [-0.15, -0.1) is 0 Å². The number of benzene rings is 3. The average Bonchev–Trinajstić information content (AvgIpc) is 3.45. The zero-order chi connectivity index (χ0) is 25.9. The van der Waals surface area contributed by atoms with Crippen molar-refractivity contribution in [2.24, 2.45) is 5.92 Å². The van der Waals surface area contributed by atoms with Gasteiger partial charge >= 0.3 is 0 Å². The Labute approximate surface area is 216 Å². The van der Waals surface area contributed by atoms with E-state index >= 15 is 0 Å². The van der Waals surface area contributed by atoms with E-state index in [9.17, 15) is 9.59 Å². The number of methoxy groups -OCH3 is 2. The molecule has 37 heavy (non-hydrogen) atoms. The molecule has 2 aliphatic rings. The number of fused-ring (bicyclic) bond motifs is 1. The topological polar surface area (TPSA) is 77.5 Å². The zero-order valence-electron chi connectivity index (χ0n) is 21.1. The Morgan fingerprint density at radius 1 is 0.838 bits per heavy atom. The maximum absolute atomic E-state index is 13.9. The lowest BCUT2D eigenvalue weighted by Gasteiger charge is -2.29. The molecule has 0 aromatic heterocycles. The highest BCUT2D eigenvalue weighted by Crippen LogP contribution is 2.49. The molecule has 2 aliphatic heterocycles. The van der Waals surface area contributed by atoms with Gasteiger partial charge in [0.05, 0.1) is 38.2 Å². The zero-order valence-corrected chi connectivity index (χ0v) is 21.1. The Morgan fingerprint density at radius 2 is 1.57 bits per heavy atom. The number of para-hydroxylation sites is 3. The van der Waals surface area contributed by atoms with Gasteiger partial charge in [-0.3, -0.25) is 14.4 Å². The number of ether oxygens (including phenoxy) is 3. The number of amides is 2. The van der Waals surface area contributed by atoms with Gasteiger partial charge in [0.1, 0.15) is 11.7 Å². The van der Waals surface area contributed by atoms with Gasteiger partial charge in [0.25, 0.3) is 5.91 Å². The number of carbonyl (C=O) groups is 2. The Balaban J connectivity index is 1.56. The number of hydrogen-bond acceptors (Lipinski definition) is 7. The molecule has 2 heterocycles. The lowest BCUT2D eigenvalue weighted by atomic mass is 9.90. The second-order valence-electron chi connectivity index (χ2n) is 8.95. The predicted molar refractivity (Wildman–Crippen MR) is 139 cm³/mol. The molecule has 8 heteroatoms. The molecule has 0 radical (unpaired) electrons. The normalized spacial score (nSPS) is 20.8. The number of rotatable bonds is 9. The Hall–Kier alpha value is -4.04. The van der Waals surface area contributed by atoms with Crippen LogP contribution in [0.5, 0.6) is 17.2 Å². The highest BCUT2D eigenvalue weighted by Gasteiger charge is 2.60. The van der Waals surface area contributed by atoms with Gasteiger partial charge in [-0.2, -0.15) is 0 Å². The quantitative estimate of drug-likeness (QED) is 0.303. The first kappa shape index (κ1) is 24.6. The van der Waals surface area contributed by atoms with Crippen molar-refractivity contribution in [3.05, 3.63) is 78.4 Å². The van der Waals surface area contributed by atoms with Gasteiger partial charge in [-0.05, 0) is 48.4 Å². The molecule has 2 saturated heterocycles. The summed E-state index contributed by atoms with van der Waals surface area (Å²) in [5.41, 5.74) is 1.92. The lowest BCUT2D eigenvalue weighted by Crippen LogP contribution is -2.37. The molecule has 2 fully saturated rings. The minimum atomic E-state index is -0.978. The van der Waals surface area contributed by atoms with Crippen LogP contribution in [-0.4, -0.2) is 38.7 Å². The van der Waals surface area contributed by atoms with Gasteiger partial charge in [-0.25, -0.2) is 9.96 Å². The van der Waals surface area contributed by atoms with Crippen molar-refractivity contribution in [2.75, 3.05) is 30.8 Å². The summed E-state index contributed by atoms with van der Waals surface area (Å²) in [5, 5.41) is 1.66. The summed E-state index contributed by atoms with van der Waals surface area (Å²) in [6, 6.07) is 21.5. The van der Waals surface area contributed by atoms with Crippen molar-refractivity contribution in [3.8, 4) is 17.2 Å². The number of unbranched alkanes of at least 4 members (excludes halogenated alkanes) is 1. The molecule has 3 aromatic rings. The summed E-state index contributed by atoms with van der Waals surface area (Å²) in [6.07, 6.45) is 0.977. The third-order valence-electron chi connectivity index (χ3n) is 6.74. The molecule has 0 N–H and O–H groups in total. The predicted octanol–water partition coefficient (Wildman–Crippen LogP) is 4.93. The fourth-order valence-electron chi connectivity index (χ4n) is 4.92. The Morgan fingerprint density at radius 3 is 2.30 bits per heavy atom. The Kier molecular flexibility index (Phi) is 7.01. The first-order valence-corrected chi connectivity index (χ1v) is 12.4. The molecule has 8 nitrogen and oxygen atoms in total. The van der Waals surface area contributed by atoms with Crippen LogP contribution in [0.2, 0.25) is 0 Å². The summed E-state index contributed by atoms with van der Waals surface area (Å²) in [4.78, 5) is 34.9. The number of imide groups is 1. The van der Waals surface area contributed by atoms with Crippen LogP contribution in [0.15, 0.2) is 72.8 Å². The van der Waals surface area contributed by atoms with E-state index in [-0.39, 0.29) is 5.91 Å². The van der Waals surface area contributed by atoms with Crippen LogP contribution in [0.3, 0.4) is 0 Å². The largest absolute Gasteiger partial charge is 0.495 e. The SMILES string of the molecule is CCCCOc1ccc([C@H]2[C@H]3C(=O)N(c4ccccc4OC)C(=O)[C@@H]3ON2c2ccccc2)cc1OC. The molecule has 3 atom stereocenters. The van der Waals surface area contributed by atoms with E-state index in [2.05, 4.69) is 6.92 Å². The van der Waals surface area contributed by atoms with Crippen molar-refractivity contribution in [2.45, 2.75) is 31.9 Å². The van der Waals surface area contributed by atoms with E-state index in [1.807, 2.05) is 48.5 Å². The summed E-state index contributed by atoms with van der Waals surface area (Å²) < 4.78 is 17.0. The monoisotopic (exact) mass is 502 g/mol. The van der Waals surface area contributed by atoms with E-state index in [1.54, 1.807) is 36.4 Å². The smallest absolute Gasteiger partial charge is 0.266 e. The van der Waals surface area contributed by atoms with Crippen LogP contribution in [0.1, 0.15) is 31.4 Å². The molecular weight excluding hydrogens is 472 g/mol. The van der Waals surface area contributed by atoms with E-state index < -0.39 is 24.0 Å². The standard InChI is InChI=1S/C29H30N2O6/c1-4-5-17-36-23-16-15-19(18-24(23)35-3)26-25-27(37-31(26)20-11-7-6-8-12-20)29(33)30(28(25)32)21-13-9-10-14-22(21)34-2/h6-16,18,25-27H,4-5,17H2,1-3H3/t25-,26+,27-/m1/s1. The van der Waals surface area contributed by atoms with E-state index in [4.69, 9.17) is 19.0 Å². The highest BCUT2D eigenvalue weighted by molar-refractivity contribution is 6.24. The average molecular weight is 503 g/mol. The van der Waals surface area contributed by atoms with Gasteiger partial charge < -0.3 is 14.2 Å². The molecule has 5 rings (SSSR count). The number of hydrogen-bond donors (Lipinski definition) is 0. The highest BCUT2D eigenvalue weighted by atomic mass is 16.7. The van der Waals surface area contributed by atoms with Gasteiger partial charge in [0.15, 0.2) is 17.6 Å². The summed E-state index contributed by atoms with van der Waals surface area (Å²) in [6.45, 7) is 2.69. The van der Waals surface area contributed by atoms with Crippen LogP contribution in [0, 0.1) is 5.92 Å². The van der Waals surface area contributed by atoms with Crippen LogP contribution < -0.4 is 24.2 Å². The third-order valence-corrected chi connectivity index (χ3v) is 6.74. The van der Waals surface area contributed by atoms with Crippen molar-refractivity contribution in [3.63, 3.8) is 0 Å². The van der Waals surface area contributed by atoms with Gasteiger partial charge in [0, 0.05) is 0 Å². The second kappa shape index (κ2) is 10.5. The van der Waals surface area contributed by atoms with E-state index in [0.717, 1.165) is 24.1 Å². The number of nitrogens with zero attached hydrogens (tertiary/aromatic N) is 2. The Bertz CT molecular complexity index is 1280. The molecule has 0 spiro atoms. The summed E-state index contributed by atoms with van der Waals surface area (Å²) in [5.74, 6) is 0.0963. The molecule has 0 aliphatic carbocycles. The molecule has 192 valence electrons. The molecule has 2 amide bonds. The van der Waals surface area contributed by atoms with Crippen molar-refractivity contribution in [1.29, 1.82) is 0 Å². The summed E-state index contributed by atoms with van der Waals surface area (Å²) in [7, 11) is 3.10. The second-order valence-corrected chi connectivity index (χ2v) is 8.95. The van der Waals surface area contributed by atoms with Crippen LogP contribution in [-0.2, 0) is 14.4 Å². The maximum Gasteiger partial charge on any atom is 0.266 e. The summed E-state index contributed by atoms with van der Waals surface area (Å²) >= 11 is 0. The number of carbonyl (C=O) groups excluding carboxylic acids is 2. The molecule has 0 saturated carbocycles. The maximum atomic E-state index is 13.9. The molecule has 0 bridgehead atoms. The van der Waals surface area contributed by atoms with Crippen LogP contribution in [0.25, 0.3) is 0 Å². The van der Waals surface area contributed by atoms with Crippen molar-refractivity contribution < 1.29 is 28.6 Å². The molecule has 0 unspecified atom stereocenters. The number of hydroxylamine groups is 1. The van der Waals surface area contributed by atoms with Gasteiger partial charge in [-0.1, -0.05) is 49.7 Å². The first-order chi connectivity index (χ1) is 18.1.